The fraction of sp³-hybridized carbons (Fsp3) is 0.278. The topological polar surface area (TPSA) is 41.1 Å². The first-order chi connectivity index (χ1) is 10.1. The van der Waals surface area contributed by atoms with Gasteiger partial charge in [-0.3, -0.25) is 0 Å². The molecule has 1 atom stereocenters. The lowest BCUT2D eigenvalue weighted by molar-refractivity contribution is 0.248. The molecule has 0 saturated heterocycles. The van der Waals surface area contributed by atoms with E-state index >= 15 is 0 Å². The van der Waals surface area contributed by atoms with Crippen LogP contribution in [0.1, 0.15) is 34.7 Å². The van der Waals surface area contributed by atoms with E-state index in [0.717, 1.165) is 29.7 Å². The Kier molecular flexibility index (Phi) is 3.65. The van der Waals surface area contributed by atoms with Gasteiger partial charge in [0.1, 0.15) is 0 Å². The van der Waals surface area contributed by atoms with Crippen molar-refractivity contribution in [1.82, 2.24) is 5.32 Å². The van der Waals surface area contributed by atoms with Crippen LogP contribution in [0.2, 0.25) is 0 Å². The van der Waals surface area contributed by atoms with Gasteiger partial charge in [0.25, 0.3) is 0 Å². The number of carbonyl (C=O) groups excluding carboxylic acids is 1. The van der Waals surface area contributed by atoms with Crippen molar-refractivity contribution in [2.45, 2.75) is 32.7 Å². The molecule has 3 heteroatoms. The molecule has 0 fully saturated rings. The maximum atomic E-state index is 12.2. The van der Waals surface area contributed by atoms with Crippen LogP contribution in [-0.2, 0) is 6.42 Å². The van der Waals surface area contributed by atoms with Crippen LogP contribution in [0.25, 0.3) is 0 Å². The summed E-state index contributed by atoms with van der Waals surface area (Å²) in [5.41, 5.74) is 5.67. The van der Waals surface area contributed by atoms with Gasteiger partial charge in [-0.1, -0.05) is 36.4 Å². The minimum atomic E-state index is -0.134. The average molecular weight is 280 g/mol. The molecule has 0 bridgehead atoms. The molecule has 0 radical (unpaired) electrons. The van der Waals surface area contributed by atoms with Crippen molar-refractivity contribution >= 4 is 11.7 Å². The summed E-state index contributed by atoms with van der Waals surface area (Å²) in [5.74, 6) is 0. The second-order valence-electron chi connectivity index (χ2n) is 5.71. The monoisotopic (exact) mass is 280 g/mol. The number of rotatable bonds is 2. The Hall–Kier alpha value is -2.29. The fourth-order valence-electron chi connectivity index (χ4n) is 2.89. The first-order valence-electron chi connectivity index (χ1n) is 7.36. The minimum absolute atomic E-state index is 0.117. The zero-order valence-corrected chi connectivity index (χ0v) is 12.4. The van der Waals surface area contributed by atoms with Gasteiger partial charge in [0.05, 0.1) is 6.04 Å². The van der Waals surface area contributed by atoms with Crippen molar-refractivity contribution in [3.8, 4) is 0 Å². The van der Waals surface area contributed by atoms with Crippen LogP contribution in [0.5, 0.6) is 0 Å². The van der Waals surface area contributed by atoms with Crippen LogP contribution in [0, 0.1) is 13.8 Å². The number of hydrogen-bond donors (Lipinski definition) is 2. The highest BCUT2D eigenvalue weighted by atomic mass is 16.2. The number of amides is 2. The van der Waals surface area contributed by atoms with E-state index in [-0.39, 0.29) is 12.1 Å². The third-order valence-electron chi connectivity index (χ3n) is 4.08. The summed E-state index contributed by atoms with van der Waals surface area (Å²) in [6.07, 6.45) is 2.00. The highest BCUT2D eigenvalue weighted by Gasteiger charge is 2.23. The Morgan fingerprint density at radius 1 is 1.14 bits per heavy atom. The molecule has 0 aromatic heterocycles. The van der Waals surface area contributed by atoms with E-state index in [0.29, 0.717) is 0 Å². The Labute approximate surface area is 125 Å². The molecule has 0 aliphatic heterocycles. The molecule has 2 amide bonds. The number of nitrogens with one attached hydrogen (secondary N) is 2. The van der Waals surface area contributed by atoms with Gasteiger partial charge in [0, 0.05) is 5.69 Å². The zero-order valence-electron chi connectivity index (χ0n) is 12.4. The van der Waals surface area contributed by atoms with Crippen LogP contribution < -0.4 is 10.6 Å². The molecule has 21 heavy (non-hydrogen) atoms. The van der Waals surface area contributed by atoms with Gasteiger partial charge >= 0.3 is 6.03 Å². The second kappa shape index (κ2) is 5.60. The summed E-state index contributed by atoms with van der Waals surface area (Å²) in [7, 11) is 0. The lowest BCUT2D eigenvalue weighted by atomic mass is 10.1. The number of aryl methyl sites for hydroxylation is 3. The molecule has 3 rings (SSSR count). The van der Waals surface area contributed by atoms with E-state index in [1.807, 2.05) is 38.1 Å². The summed E-state index contributed by atoms with van der Waals surface area (Å²) in [6.45, 7) is 4.02. The standard InChI is InChI=1S/C18H20N2O/c1-12-7-8-13(2)17(11-12)20-18(21)19-16-10-9-14-5-3-4-6-15(14)16/h3-8,11,16H,9-10H2,1-2H3,(H2,19,20,21). The van der Waals surface area contributed by atoms with Crippen LogP contribution in [0.15, 0.2) is 42.5 Å². The maximum absolute atomic E-state index is 12.2. The van der Waals surface area contributed by atoms with E-state index in [9.17, 15) is 4.79 Å². The summed E-state index contributed by atoms with van der Waals surface area (Å²) in [5, 5.41) is 6.04. The van der Waals surface area contributed by atoms with Gasteiger partial charge in [-0.05, 0) is 55.0 Å². The molecular weight excluding hydrogens is 260 g/mol. The Morgan fingerprint density at radius 2 is 1.95 bits per heavy atom. The number of benzene rings is 2. The van der Waals surface area contributed by atoms with Crippen molar-refractivity contribution < 1.29 is 4.79 Å². The Bertz CT molecular complexity index is 679. The van der Waals surface area contributed by atoms with Gasteiger partial charge in [0.2, 0.25) is 0 Å². The van der Waals surface area contributed by atoms with E-state index in [4.69, 9.17) is 0 Å². The summed E-state index contributed by atoms with van der Waals surface area (Å²) in [4.78, 5) is 12.2. The van der Waals surface area contributed by atoms with Gasteiger partial charge in [-0.2, -0.15) is 0 Å². The normalized spacial score (nSPS) is 16.4. The highest BCUT2D eigenvalue weighted by Crippen LogP contribution is 2.30. The second-order valence-corrected chi connectivity index (χ2v) is 5.71. The molecule has 1 aliphatic carbocycles. The predicted molar refractivity (Wildman–Crippen MR) is 85.6 cm³/mol. The largest absolute Gasteiger partial charge is 0.331 e. The van der Waals surface area contributed by atoms with Gasteiger partial charge in [0.15, 0.2) is 0 Å². The summed E-state index contributed by atoms with van der Waals surface area (Å²) < 4.78 is 0. The predicted octanol–water partition coefficient (Wildman–Crippen LogP) is 4.11. The van der Waals surface area contributed by atoms with Crippen molar-refractivity contribution in [3.63, 3.8) is 0 Å². The van der Waals surface area contributed by atoms with Gasteiger partial charge in [-0.25, -0.2) is 4.79 Å². The molecule has 0 heterocycles. The number of fused-ring (bicyclic) bond motifs is 1. The van der Waals surface area contributed by atoms with E-state index in [2.05, 4.69) is 28.8 Å². The lowest BCUT2D eigenvalue weighted by Gasteiger charge is -2.16. The first kappa shape index (κ1) is 13.7. The Balaban J connectivity index is 1.69. The molecule has 0 spiro atoms. The van der Waals surface area contributed by atoms with Crippen LogP contribution in [-0.4, -0.2) is 6.03 Å². The summed E-state index contributed by atoms with van der Waals surface area (Å²) >= 11 is 0. The number of anilines is 1. The zero-order chi connectivity index (χ0) is 14.8. The van der Waals surface area contributed by atoms with Crippen LogP contribution in [0.4, 0.5) is 10.5 Å². The maximum Gasteiger partial charge on any atom is 0.319 e. The van der Waals surface area contributed by atoms with Crippen LogP contribution in [0.3, 0.4) is 0 Å². The van der Waals surface area contributed by atoms with Crippen molar-refractivity contribution in [3.05, 3.63) is 64.7 Å². The molecular formula is C18H20N2O. The molecule has 0 saturated carbocycles. The highest BCUT2D eigenvalue weighted by molar-refractivity contribution is 5.90. The van der Waals surface area contributed by atoms with Crippen molar-refractivity contribution in [2.75, 3.05) is 5.32 Å². The first-order valence-corrected chi connectivity index (χ1v) is 7.36. The quantitative estimate of drug-likeness (QED) is 0.854. The molecule has 2 N–H and O–H groups in total. The van der Waals surface area contributed by atoms with E-state index in [1.165, 1.54) is 11.1 Å². The third kappa shape index (κ3) is 2.92. The van der Waals surface area contributed by atoms with E-state index in [1.54, 1.807) is 0 Å². The average Bonchev–Trinajstić information content (AvgIpc) is 2.86. The number of carbonyl (C=O) groups is 1. The Morgan fingerprint density at radius 3 is 2.81 bits per heavy atom. The molecule has 2 aromatic carbocycles. The molecule has 3 nitrogen and oxygen atoms in total. The lowest BCUT2D eigenvalue weighted by Crippen LogP contribution is -2.31. The van der Waals surface area contributed by atoms with Crippen molar-refractivity contribution in [2.24, 2.45) is 0 Å². The molecule has 108 valence electrons. The van der Waals surface area contributed by atoms with Gasteiger partial charge < -0.3 is 10.6 Å². The fourth-order valence-corrected chi connectivity index (χ4v) is 2.89. The molecule has 2 aromatic rings. The smallest absolute Gasteiger partial charge is 0.319 e. The third-order valence-corrected chi connectivity index (χ3v) is 4.08. The summed E-state index contributed by atoms with van der Waals surface area (Å²) in [6, 6.07) is 14.4. The SMILES string of the molecule is Cc1ccc(C)c(NC(=O)NC2CCc3ccccc32)c1. The van der Waals surface area contributed by atoms with Crippen LogP contribution >= 0.6 is 0 Å². The molecule has 1 aliphatic rings. The number of hydrogen-bond acceptors (Lipinski definition) is 1. The van der Waals surface area contributed by atoms with Gasteiger partial charge in [-0.15, -0.1) is 0 Å². The minimum Gasteiger partial charge on any atom is -0.331 e. The molecule has 1 unspecified atom stereocenters. The van der Waals surface area contributed by atoms with E-state index < -0.39 is 0 Å². The van der Waals surface area contributed by atoms with Crippen molar-refractivity contribution in [1.29, 1.82) is 0 Å². The number of urea groups is 1.